The van der Waals surface area contributed by atoms with Crippen LogP contribution >= 0.6 is 23.4 Å². The third kappa shape index (κ3) is 4.99. The van der Waals surface area contributed by atoms with Gasteiger partial charge in [-0.3, -0.25) is 5.32 Å². The van der Waals surface area contributed by atoms with Crippen LogP contribution < -0.4 is 5.32 Å². The van der Waals surface area contributed by atoms with Gasteiger partial charge in [0.2, 0.25) is 0 Å². The zero-order valence-electron chi connectivity index (χ0n) is 10.2. The Hall–Kier alpha value is -0.690. The van der Waals surface area contributed by atoms with E-state index in [0.29, 0.717) is 0 Å². The third-order valence-electron chi connectivity index (χ3n) is 2.48. The van der Waals surface area contributed by atoms with Crippen LogP contribution in [0.1, 0.15) is 20.3 Å². The molecule has 0 aliphatic carbocycles. The minimum absolute atomic E-state index is 0.430. The molecule has 1 aromatic rings. The lowest BCUT2D eigenvalue weighted by atomic mass is 10.0. The fourth-order valence-corrected chi connectivity index (χ4v) is 2.89. The molecular formula is C13H17ClN2S. The Morgan fingerprint density at radius 1 is 1.53 bits per heavy atom. The van der Waals surface area contributed by atoms with E-state index in [1.807, 2.05) is 38.1 Å². The van der Waals surface area contributed by atoms with Gasteiger partial charge in [0.1, 0.15) is 5.54 Å². The summed E-state index contributed by atoms with van der Waals surface area (Å²) in [4.78, 5) is 1.15. The predicted octanol–water partition coefficient (Wildman–Crippen LogP) is 3.71. The van der Waals surface area contributed by atoms with Gasteiger partial charge in [-0.15, -0.1) is 11.8 Å². The van der Waals surface area contributed by atoms with Crippen LogP contribution in [0, 0.1) is 11.3 Å². The highest BCUT2D eigenvalue weighted by molar-refractivity contribution is 7.99. The topological polar surface area (TPSA) is 35.8 Å². The Balaban J connectivity index is 2.44. The van der Waals surface area contributed by atoms with Gasteiger partial charge in [0.05, 0.1) is 6.07 Å². The summed E-state index contributed by atoms with van der Waals surface area (Å²) in [5.74, 6) is 0.900. The molecular weight excluding hydrogens is 252 g/mol. The van der Waals surface area contributed by atoms with Crippen LogP contribution in [0.2, 0.25) is 5.02 Å². The van der Waals surface area contributed by atoms with Crippen molar-refractivity contribution in [2.75, 3.05) is 12.3 Å². The Bertz CT molecular complexity index is 403. The van der Waals surface area contributed by atoms with E-state index in [2.05, 4.69) is 11.4 Å². The van der Waals surface area contributed by atoms with Crippen molar-refractivity contribution >= 4 is 23.4 Å². The van der Waals surface area contributed by atoms with Gasteiger partial charge in [-0.05, 0) is 38.1 Å². The smallest absolute Gasteiger partial charge is 0.104 e. The first-order chi connectivity index (χ1) is 8.09. The maximum atomic E-state index is 9.11. The molecule has 0 heterocycles. The molecule has 0 aromatic heterocycles. The minimum atomic E-state index is -0.430. The zero-order valence-corrected chi connectivity index (χ0v) is 11.7. The van der Waals surface area contributed by atoms with Crippen LogP contribution in [-0.2, 0) is 0 Å². The summed E-state index contributed by atoms with van der Waals surface area (Å²) in [6.07, 6.45) is 0.814. The average molecular weight is 269 g/mol. The molecule has 0 spiro atoms. The Morgan fingerprint density at radius 2 is 2.29 bits per heavy atom. The van der Waals surface area contributed by atoms with Gasteiger partial charge in [-0.2, -0.15) is 5.26 Å². The summed E-state index contributed by atoms with van der Waals surface area (Å²) in [6, 6.07) is 10.1. The van der Waals surface area contributed by atoms with Crippen LogP contribution in [0.4, 0.5) is 0 Å². The zero-order chi connectivity index (χ0) is 12.7. The quantitative estimate of drug-likeness (QED) is 0.799. The molecule has 0 amide bonds. The molecule has 0 aliphatic heterocycles. The number of hydrogen-bond acceptors (Lipinski definition) is 3. The van der Waals surface area contributed by atoms with Crippen LogP contribution in [-0.4, -0.2) is 17.8 Å². The lowest BCUT2D eigenvalue weighted by Gasteiger charge is -2.22. The van der Waals surface area contributed by atoms with Gasteiger partial charge in [-0.1, -0.05) is 24.6 Å². The number of rotatable bonds is 6. The molecule has 17 heavy (non-hydrogen) atoms. The van der Waals surface area contributed by atoms with Crippen molar-refractivity contribution in [3.63, 3.8) is 0 Å². The van der Waals surface area contributed by atoms with Crippen LogP contribution in [0.25, 0.3) is 0 Å². The molecule has 0 fully saturated rings. The number of thioether (sulfide) groups is 1. The highest BCUT2D eigenvalue weighted by Crippen LogP contribution is 2.24. The van der Waals surface area contributed by atoms with Gasteiger partial charge in [-0.25, -0.2) is 0 Å². The molecule has 4 heteroatoms. The standard InChI is InChI=1S/C13H17ClN2S/c1-3-16-13(2,10-15)7-8-17-12-6-4-5-11(14)9-12/h4-6,9,16H,3,7-8H2,1-2H3. The first-order valence-corrected chi connectivity index (χ1v) is 7.00. The molecule has 0 radical (unpaired) electrons. The molecule has 2 nitrogen and oxygen atoms in total. The van der Waals surface area contributed by atoms with Gasteiger partial charge >= 0.3 is 0 Å². The van der Waals surface area contributed by atoms with Crippen molar-refractivity contribution in [3.8, 4) is 6.07 Å². The maximum Gasteiger partial charge on any atom is 0.104 e. The number of halogens is 1. The summed E-state index contributed by atoms with van der Waals surface area (Å²) in [5, 5.41) is 13.1. The van der Waals surface area contributed by atoms with Crippen molar-refractivity contribution in [2.24, 2.45) is 0 Å². The molecule has 1 aromatic carbocycles. The van der Waals surface area contributed by atoms with E-state index >= 15 is 0 Å². The molecule has 1 rings (SSSR count). The summed E-state index contributed by atoms with van der Waals surface area (Å²) in [7, 11) is 0. The lowest BCUT2D eigenvalue weighted by molar-refractivity contribution is 0.450. The minimum Gasteiger partial charge on any atom is -0.300 e. The van der Waals surface area contributed by atoms with Gasteiger partial charge in [0, 0.05) is 15.7 Å². The van der Waals surface area contributed by atoms with E-state index in [0.717, 1.165) is 28.6 Å². The van der Waals surface area contributed by atoms with Crippen molar-refractivity contribution in [1.82, 2.24) is 5.32 Å². The molecule has 1 atom stereocenters. The van der Waals surface area contributed by atoms with Crippen LogP contribution in [0.5, 0.6) is 0 Å². The van der Waals surface area contributed by atoms with E-state index in [1.165, 1.54) is 0 Å². The van der Waals surface area contributed by atoms with E-state index in [4.69, 9.17) is 16.9 Å². The molecule has 0 saturated carbocycles. The fraction of sp³-hybridized carbons (Fsp3) is 0.462. The van der Waals surface area contributed by atoms with Crippen LogP contribution in [0.3, 0.4) is 0 Å². The molecule has 1 unspecified atom stereocenters. The molecule has 0 aliphatic rings. The first kappa shape index (κ1) is 14.4. The number of nitrogens with zero attached hydrogens (tertiary/aromatic N) is 1. The molecule has 92 valence electrons. The fourth-order valence-electron chi connectivity index (χ4n) is 1.50. The Morgan fingerprint density at radius 3 is 2.88 bits per heavy atom. The Kier molecular flexibility index (Phi) is 5.84. The van der Waals surface area contributed by atoms with Gasteiger partial charge in [0.25, 0.3) is 0 Å². The lowest BCUT2D eigenvalue weighted by Crippen LogP contribution is -2.41. The molecule has 0 bridgehead atoms. The van der Waals surface area contributed by atoms with Crippen molar-refractivity contribution in [2.45, 2.75) is 30.7 Å². The number of hydrogen-bond donors (Lipinski definition) is 1. The monoisotopic (exact) mass is 268 g/mol. The van der Waals surface area contributed by atoms with Crippen molar-refractivity contribution in [3.05, 3.63) is 29.3 Å². The molecule has 1 N–H and O–H groups in total. The summed E-state index contributed by atoms with van der Waals surface area (Å²) in [5.41, 5.74) is -0.430. The average Bonchev–Trinajstić information content (AvgIpc) is 2.29. The van der Waals surface area contributed by atoms with E-state index in [9.17, 15) is 0 Å². The van der Waals surface area contributed by atoms with Crippen molar-refractivity contribution in [1.29, 1.82) is 5.26 Å². The highest BCUT2D eigenvalue weighted by atomic mass is 35.5. The number of nitrogens with one attached hydrogen (secondary N) is 1. The third-order valence-corrected chi connectivity index (χ3v) is 3.71. The van der Waals surface area contributed by atoms with Gasteiger partial charge < -0.3 is 0 Å². The SMILES string of the molecule is CCNC(C)(C#N)CCSc1cccc(Cl)c1. The van der Waals surface area contributed by atoms with Crippen LogP contribution in [0.15, 0.2) is 29.2 Å². The Labute approximate surface area is 112 Å². The molecule has 0 saturated heterocycles. The van der Waals surface area contributed by atoms with E-state index < -0.39 is 5.54 Å². The van der Waals surface area contributed by atoms with E-state index in [-0.39, 0.29) is 0 Å². The highest BCUT2D eigenvalue weighted by Gasteiger charge is 2.21. The second kappa shape index (κ2) is 6.90. The van der Waals surface area contributed by atoms with Crippen molar-refractivity contribution < 1.29 is 0 Å². The first-order valence-electron chi connectivity index (χ1n) is 5.64. The summed E-state index contributed by atoms with van der Waals surface area (Å²) < 4.78 is 0. The summed E-state index contributed by atoms with van der Waals surface area (Å²) >= 11 is 7.64. The predicted molar refractivity (Wildman–Crippen MR) is 74.5 cm³/mol. The number of benzene rings is 1. The second-order valence-electron chi connectivity index (χ2n) is 4.03. The second-order valence-corrected chi connectivity index (χ2v) is 5.63. The van der Waals surface area contributed by atoms with Gasteiger partial charge in [0.15, 0.2) is 0 Å². The summed E-state index contributed by atoms with van der Waals surface area (Å²) in [6.45, 7) is 4.76. The number of nitriles is 1. The normalized spacial score (nSPS) is 14.0. The van der Waals surface area contributed by atoms with E-state index in [1.54, 1.807) is 11.8 Å². The maximum absolute atomic E-state index is 9.11. The largest absolute Gasteiger partial charge is 0.300 e.